The van der Waals surface area contributed by atoms with Crippen molar-refractivity contribution in [2.24, 2.45) is 5.41 Å². The minimum atomic E-state index is -0.251. The molecular weight excluding hydrogens is 282 g/mol. The molecule has 0 fully saturated rings. The lowest BCUT2D eigenvalue weighted by Gasteiger charge is -2.09. The molecule has 0 saturated carbocycles. The van der Waals surface area contributed by atoms with E-state index in [0.717, 1.165) is 5.56 Å². The average Bonchev–Trinajstić information content (AvgIpc) is 2.91. The number of aliphatic hydroxyl groups is 1. The van der Waals surface area contributed by atoms with Crippen molar-refractivity contribution in [3.63, 3.8) is 0 Å². The number of benzene rings is 1. The number of H-pyrrole nitrogens is 1. The molecule has 1 aromatic carbocycles. The van der Waals surface area contributed by atoms with E-state index in [4.69, 9.17) is 14.6 Å². The summed E-state index contributed by atoms with van der Waals surface area (Å²) in [4.78, 5) is 0. The molecule has 0 aliphatic rings. The van der Waals surface area contributed by atoms with Gasteiger partial charge < -0.3 is 14.6 Å². The Morgan fingerprint density at radius 3 is 2.73 bits per heavy atom. The number of ether oxygens (including phenoxy) is 2. The molecule has 22 heavy (non-hydrogen) atoms. The fraction of sp³-hybridized carbons (Fsp3) is 0.375. The van der Waals surface area contributed by atoms with Crippen LogP contribution in [0.5, 0.6) is 17.4 Å². The molecule has 1 aromatic heterocycles. The molecule has 0 aliphatic heterocycles. The quantitative estimate of drug-likeness (QED) is 0.848. The minimum absolute atomic E-state index is 0.112. The predicted octanol–water partition coefficient (Wildman–Crippen LogP) is 2.50. The Hall–Kier alpha value is -2.52. The Bertz CT molecular complexity index is 705. The van der Waals surface area contributed by atoms with Crippen LogP contribution in [0, 0.1) is 17.3 Å². The molecule has 0 aliphatic carbocycles. The Morgan fingerprint density at radius 1 is 1.32 bits per heavy atom. The first-order chi connectivity index (χ1) is 10.4. The van der Waals surface area contributed by atoms with Crippen LogP contribution in [-0.2, 0) is 6.61 Å². The van der Waals surface area contributed by atoms with E-state index >= 15 is 0 Å². The van der Waals surface area contributed by atoms with Crippen LogP contribution in [0.4, 0.5) is 0 Å². The number of hydrogen-bond donors (Lipinski definition) is 2. The van der Waals surface area contributed by atoms with Crippen molar-refractivity contribution in [1.29, 1.82) is 0 Å². The molecule has 6 nitrogen and oxygen atoms in total. The van der Waals surface area contributed by atoms with E-state index in [2.05, 4.69) is 27.3 Å². The molecule has 2 rings (SSSR count). The van der Waals surface area contributed by atoms with Gasteiger partial charge in [0.15, 0.2) is 5.69 Å². The molecule has 0 atom stereocenters. The number of aliphatic hydroxyl groups excluding tert-OH is 1. The second-order valence-corrected chi connectivity index (χ2v) is 5.71. The normalized spacial score (nSPS) is 10.8. The molecule has 2 aromatic rings. The molecule has 0 spiro atoms. The van der Waals surface area contributed by atoms with Crippen LogP contribution in [0.15, 0.2) is 18.2 Å². The first-order valence-corrected chi connectivity index (χ1v) is 6.83. The summed E-state index contributed by atoms with van der Waals surface area (Å²) in [5.41, 5.74) is 0.963. The van der Waals surface area contributed by atoms with E-state index in [0.29, 0.717) is 23.1 Å². The summed E-state index contributed by atoms with van der Waals surface area (Å²) >= 11 is 0. The predicted molar refractivity (Wildman–Crippen MR) is 81.7 cm³/mol. The number of hydrogen-bond acceptors (Lipinski definition) is 5. The summed E-state index contributed by atoms with van der Waals surface area (Å²) in [6.45, 7) is 5.86. The van der Waals surface area contributed by atoms with Gasteiger partial charge in [-0.2, -0.15) is 0 Å². The van der Waals surface area contributed by atoms with Gasteiger partial charge in [-0.3, -0.25) is 0 Å². The zero-order valence-electron chi connectivity index (χ0n) is 13.1. The Morgan fingerprint density at radius 2 is 2.09 bits per heavy atom. The maximum Gasteiger partial charge on any atom is 0.241 e. The zero-order valence-corrected chi connectivity index (χ0v) is 13.1. The van der Waals surface area contributed by atoms with Gasteiger partial charge in [-0.25, -0.2) is 5.10 Å². The van der Waals surface area contributed by atoms with Gasteiger partial charge in [0.05, 0.1) is 19.3 Å². The topological polar surface area (TPSA) is 80.3 Å². The van der Waals surface area contributed by atoms with Crippen molar-refractivity contribution in [2.45, 2.75) is 27.4 Å². The molecule has 0 unspecified atom stereocenters. The van der Waals surface area contributed by atoms with Crippen LogP contribution in [0.3, 0.4) is 0 Å². The zero-order chi connectivity index (χ0) is 16.2. The average molecular weight is 301 g/mol. The van der Waals surface area contributed by atoms with Gasteiger partial charge in [0, 0.05) is 11.5 Å². The van der Waals surface area contributed by atoms with Crippen LogP contribution < -0.4 is 9.47 Å². The monoisotopic (exact) mass is 301 g/mol. The van der Waals surface area contributed by atoms with Gasteiger partial charge in [-0.15, -0.1) is 5.10 Å². The minimum Gasteiger partial charge on any atom is -0.495 e. The highest BCUT2D eigenvalue weighted by Gasteiger charge is 2.11. The number of methoxy groups -OCH3 is 1. The smallest absolute Gasteiger partial charge is 0.241 e. The Labute approximate surface area is 129 Å². The van der Waals surface area contributed by atoms with Crippen LogP contribution in [0.25, 0.3) is 0 Å². The lowest BCUT2D eigenvalue weighted by molar-refractivity contribution is 0.271. The lowest BCUT2D eigenvalue weighted by atomic mass is 9.97. The summed E-state index contributed by atoms with van der Waals surface area (Å²) in [7, 11) is 1.60. The van der Waals surface area contributed by atoms with Gasteiger partial charge in [-0.05, 0) is 32.9 Å². The number of aromatic amines is 1. The van der Waals surface area contributed by atoms with Crippen LogP contribution in [-0.4, -0.2) is 27.6 Å². The standard InChI is InChI=1S/C16H19N3O3/c1-16(2,3)8-7-11-9-12(5-6-14(11)21-4)22-15-13(10-20)17-19-18-15/h5-6,9,20H,10H2,1-4H3,(H,17,18,19). The number of aromatic nitrogens is 3. The lowest BCUT2D eigenvalue weighted by Crippen LogP contribution is -2.00. The third-order valence-electron chi connectivity index (χ3n) is 2.70. The molecule has 116 valence electrons. The molecule has 2 N–H and O–H groups in total. The van der Waals surface area contributed by atoms with Crippen LogP contribution in [0.1, 0.15) is 32.0 Å². The number of nitrogens with zero attached hydrogens (tertiary/aromatic N) is 2. The summed E-state index contributed by atoms with van der Waals surface area (Å²) in [5.74, 6) is 7.81. The maximum atomic E-state index is 9.15. The fourth-order valence-corrected chi connectivity index (χ4v) is 1.65. The number of nitrogens with one attached hydrogen (secondary N) is 1. The maximum absolute atomic E-state index is 9.15. The first kappa shape index (κ1) is 15.9. The first-order valence-electron chi connectivity index (χ1n) is 6.83. The van der Waals surface area contributed by atoms with E-state index in [-0.39, 0.29) is 12.0 Å². The van der Waals surface area contributed by atoms with Gasteiger partial charge >= 0.3 is 0 Å². The highest BCUT2D eigenvalue weighted by Crippen LogP contribution is 2.27. The van der Waals surface area contributed by atoms with Crippen molar-refractivity contribution >= 4 is 0 Å². The molecule has 0 bridgehead atoms. The Balaban J connectivity index is 2.32. The van der Waals surface area contributed by atoms with Gasteiger partial charge in [0.25, 0.3) is 0 Å². The second kappa shape index (κ2) is 6.50. The second-order valence-electron chi connectivity index (χ2n) is 5.71. The van der Waals surface area contributed by atoms with E-state index in [1.165, 1.54) is 0 Å². The molecule has 0 radical (unpaired) electrons. The highest BCUT2D eigenvalue weighted by atomic mass is 16.5. The molecule has 6 heteroatoms. The van der Waals surface area contributed by atoms with Crippen LogP contribution >= 0.6 is 0 Å². The van der Waals surface area contributed by atoms with E-state index in [9.17, 15) is 0 Å². The summed E-state index contributed by atoms with van der Waals surface area (Å²) in [6.07, 6.45) is 0. The molecule has 1 heterocycles. The summed E-state index contributed by atoms with van der Waals surface area (Å²) < 4.78 is 11.0. The third kappa shape index (κ3) is 3.99. The van der Waals surface area contributed by atoms with Crippen molar-refractivity contribution in [3.05, 3.63) is 29.5 Å². The van der Waals surface area contributed by atoms with Crippen molar-refractivity contribution in [1.82, 2.24) is 15.4 Å². The molecular formula is C16H19N3O3. The summed E-state index contributed by atoms with van der Waals surface area (Å²) in [6, 6.07) is 5.31. The molecule has 0 amide bonds. The highest BCUT2D eigenvalue weighted by molar-refractivity contribution is 5.51. The van der Waals surface area contributed by atoms with E-state index < -0.39 is 0 Å². The third-order valence-corrected chi connectivity index (χ3v) is 2.70. The van der Waals surface area contributed by atoms with Gasteiger partial charge in [0.1, 0.15) is 11.5 Å². The largest absolute Gasteiger partial charge is 0.495 e. The Kier molecular flexibility index (Phi) is 4.68. The fourth-order valence-electron chi connectivity index (χ4n) is 1.65. The van der Waals surface area contributed by atoms with E-state index in [1.54, 1.807) is 25.3 Å². The van der Waals surface area contributed by atoms with Crippen molar-refractivity contribution < 1.29 is 14.6 Å². The van der Waals surface area contributed by atoms with E-state index in [1.807, 2.05) is 20.8 Å². The van der Waals surface area contributed by atoms with Gasteiger partial charge in [-0.1, -0.05) is 17.1 Å². The summed E-state index contributed by atoms with van der Waals surface area (Å²) in [5, 5.41) is 19.1. The van der Waals surface area contributed by atoms with Gasteiger partial charge in [0.2, 0.25) is 5.88 Å². The SMILES string of the molecule is COc1ccc(Oc2[nH]nnc2CO)cc1C#CC(C)(C)C. The van der Waals surface area contributed by atoms with Crippen molar-refractivity contribution in [2.75, 3.05) is 7.11 Å². The number of rotatable bonds is 4. The molecule has 0 saturated heterocycles. The van der Waals surface area contributed by atoms with Crippen LogP contribution in [0.2, 0.25) is 0 Å². The van der Waals surface area contributed by atoms with Crippen molar-refractivity contribution in [3.8, 4) is 29.2 Å².